The summed E-state index contributed by atoms with van der Waals surface area (Å²) in [7, 11) is 0. The van der Waals surface area contributed by atoms with Crippen molar-refractivity contribution in [1.29, 1.82) is 0 Å². The number of carbonyl (C=O) groups is 1. The van der Waals surface area contributed by atoms with Gasteiger partial charge in [0.2, 0.25) is 5.78 Å². The van der Waals surface area contributed by atoms with Gasteiger partial charge in [-0.15, -0.1) is 0 Å². The zero-order valence-electron chi connectivity index (χ0n) is 10.4. The molecule has 0 bridgehead atoms. The molecule has 0 aromatic heterocycles. The molecule has 108 valence electrons. The molecular formula is C14H11F5O. The van der Waals surface area contributed by atoms with Crippen molar-refractivity contribution in [2.45, 2.75) is 19.0 Å². The summed E-state index contributed by atoms with van der Waals surface area (Å²) in [4.78, 5) is 11.0. The maximum Gasteiger partial charge on any atom is 0.461 e. The highest BCUT2D eigenvalue weighted by Gasteiger charge is 2.62. The van der Waals surface area contributed by atoms with Gasteiger partial charge in [0, 0.05) is 0 Å². The van der Waals surface area contributed by atoms with Crippen LogP contribution in [0.25, 0.3) is 6.08 Å². The number of rotatable bonds is 4. The number of allylic oxidation sites excluding steroid dienone is 3. The van der Waals surface area contributed by atoms with E-state index in [1.807, 2.05) is 0 Å². The summed E-state index contributed by atoms with van der Waals surface area (Å²) in [6.07, 6.45) is -2.80. The third-order valence-corrected chi connectivity index (χ3v) is 2.36. The lowest BCUT2D eigenvalue weighted by atomic mass is 10.1. The Labute approximate surface area is 112 Å². The molecule has 0 saturated heterocycles. The first kappa shape index (κ1) is 16.1. The fourth-order valence-electron chi connectivity index (χ4n) is 1.28. The Bertz CT molecular complexity index is 526. The number of benzene rings is 1. The van der Waals surface area contributed by atoms with Crippen LogP contribution in [0, 0.1) is 0 Å². The van der Waals surface area contributed by atoms with E-state index < -0.39 is 17.9 Å². The van der Waals surface area contributed by atoms with Crippen molar-refractivity contribution in [3.8, 4) is 0 Å². The van der Waals surface area contributed by atoms with Crippen LogP contribution in [0.15, 0.2) is 48.1 Å². The second kappa shape index (κ2) is 5.98. The van der Waals surface area contributed by atoms with Gasteiger partial charge in [-0.05, 0) is 24.1 Å². The summed E-state index contributed by atoms with van der Waals surface area (Å²) >= 11 is 0. The van der Waals surface area contributed by atoms with E-state index in [2.05, 4.69) is 0 Å². The van der Waals surface area contributed by atoms with Crippen molar-refractivity contribution >= 4 is 11.9 Å². The monoisotopic (exact) mass is 290 g/mol. The number of alkyl halides is 5. The van der Waals surface area contributed by atoms with Crippen molar-refractivity contribution in [1.82, 2.24) is 0 Å². The highest BCUT2D eigenvalue weighted by molar-refractivity contribution is 5.97. The van der Waals surface area contributed by atoms with Crippen LogP contribution in [0.1, 0.15) is 12.5 Å². The van der Waals surface area contributed by atoms with Crippen molar-refractivity contribution in [3.05, 3.63) is 53.6 Å². The maximum absolute atomic E-state index is 12.7. The van der Waals surface area contributed by atoms with Crippen LogP contribution >= 0.6 is 0 Å². The molecule has 1 aromatic carbocycles. The molecule has 0 aliphatic heterocycles. The normalized spacial score (nSPS) is 13.8. The van der Waals surface area contributed by atoms with Crippen LogP contribution in [0.4, 0.5) is 22.0 Å². The third-order valence-electron chi connectivity index (χ3n) is 2.36. The first-order chi connectivity index (χ1) is 9.14. The summed E-state index contributed by atoms with van der Waals surface area (Å²) in [5.74, 6) is -7.64. The number of hydrogen-bond donors (Lipinski definition) is 0. The molecule has 1 aromatic rings. The smallest absolute Gasteiger partial charge is 0.288 e. The summed E-state index contributed by atoms with van der Waals surface area (Å²) in [5, 5.41) is 0. The minimum atomic E-state index is -5.88. The molecule has 0 fully saturated rings. The molecular weight excluding hydrogens is 279 g/mol. The number of hydrogen-bond acceptors (Lipinski definition) is 1. The summed E-state index contributed by atoms with van der Waals surface area (Å²) in [5.41, 5.74) is 0.734. The van der Waals surface area contributed by atoms with Gasteiger partial charge in [0.1, 0.15) is 0 Å². The second-order valence-electron chi connectivity index (χ2n) is 4.07. The quantitative estimate of drug-likeness (QED) is 0.456. The molecule has 1 nitrogen and oxygen atoms in total. The van der Waals surface area contributed by atoms with Crippen LogP contribution in [0.2, 0.25) is 0 Å². The van der Waals surface area contributed by atoms with E-state index in [1.54, 1.807) is 30.3 Å². The van der Waals surface area contributed by atoms with Gasteiger partial charge in [0.15, 0.2) is 0 Å². The Morgan fingerprint density at radius 2 is 1.60 bits per heavy atom. The third kappa shape index (κ3) is 4.01. The SMILES string of the molecule is CC(=C/C(=O)C(F)(F)C(F)(F)F)/C=C/c1ccccc1. The molecule has 0 heterocycles. The Hall–Kier alpha value is -1.98. The standard InChI is InChI=1S/C14H11F5O/c1-10(7-8-11-5-3-2-4-6-11)9-12(20)13(15,16)14(17,18)19/h2-9H,1H3/b8-7+,10-9-. The molecule has 0 atom stereocenters. The molecule has 0 N–H and O–H groups in total. The van der Waals surface area contributed by atoms with Gasteiger partial charge >= 0.3 is 12.1 Å². The Morgan fingerprint density at radius 1 is 1.05 bits per heavy atom. The molecule has 0 aliphatic rings. The van der Waals surface area contributed by atoms with Crippen LogP contribution < -0.4 is 0 Å². The predicted molar refractivity (Wildman–Crippen MR) is 65.2 cm³/mol. The van der Waals surface area contributed by atoms with E-state index in [4.69, 9.17) is 0 Å². The summed E-state index contributed by atoms with van der Waals surface area (Å²) < 4.78 is 61.3. The van der Waals surface area contributed by atoms with Gasteiger partial charge in [-0.1, -0.05) is 42.5 Å². The molecule has 0 amide bonds. The largest absolute Gasteiger partial charge is 0.461 e. The number of ketones is 1. The van der Waals surface area contributed by atoms with E-state index >= 15 is 0 Å². The lowest BCUT2D eigenvalue weighted by Crippen LogP contribution is -2.43. The zero-order chi connectivity index (χ0) is 15.4. The first-order valence-electron chi connectivity index (χ1n) is 5.55. The molecule has 1 rings (SSSR count). The number of carbonyl (C=O) groups excluding carboxylic acids is 1. The van der Waals surface area contributed by atoms with Gasteiger partial charge in [-0.3, -0.25) is 4.79 Å². The zero-order valence-corrected chi connectivity index (χ0v) is 10.4. The molecule has 0 spiro atoms. The van der Waals surface area contributed by atoms with Gasteiger partial charge in [0.25, 0.3) is 0 Å². The lowest BCUT2D eigenvalue weighted by molar-refractivity contribution is -0.266. The second-order valence-corrected chi connectivity index (χ2v) is 4.07. The van der Waals surface area contributed by atoms with E-state index in [1.165, 1.54) is 19.1 Å². The highest BCUT2D eigenvalue weighted by Crippen LogP contribution is 2.36. The van der Waals surface area contributed by atoms with Gasteiger partial charge < -0.3 is 0 Å². The Balaban J connectivity index is 2.85. The van der Waals surface area contributed by atoms with Gasteiger partial charge in [-0.2, -0.15) is 22.0 Å². The summed E-state index contributed by atoms with van der Waals surface area (Å²) in [6, 6.07) is 8.68. The van der Waals surface area contributed by atoms with Crippen molar-refractivity contribution in [2.75, 3.05) is 0 Å². The lowest BCUT2D eigenvalue weighted by Gasteiger charge is -2.16. The molecule has 20 heavy (non-hydrogen) atoms. The first-order valence-corrected chi connectivity index (χ1v) is 5.55. The van der Waals surface area contributed by atoms with Crippen molar-refractivity contribution in [2.24, 2.45) is 0 Å². The summed E-state index contributed by atoms with van der Waals surface area (Å²) in [6.45, 7) is 1.27. The van der Waals surface area contributed by atoms with E-state index in [0.29, 0.717) is 0 Å². The van der Waals surface area contributed by atoms with Crippen molar-refractivity contribution < 1.29 is 26.7 Å². The fraction of sp³-hybridized carbons (Fsp3) is 0.214. The molecule has 0 aliphatic carbocycles. The topological polar surface area (TPSA) is 17.1 Å². The predicted octanol–water partition coefficient (Wildman–Crippen LogP) is 4.41. The van der Waals surface area contributed by atoms with Crippen LogP contribution in [0.5, 0.6) is 0 Å². The Morgan fingerprint density at radius 3 is 2.10 bits per heavy atom. The van der Waals surface area contributed by atoms with Gasteiger partial charge in [-0.25, -0.2) is 0 Å². The van der Waals surface area contributed by atoms with E-state index in [-0.39, 0.29) is 11.6 Å². The minimum absolute atomic E-state index is 0.00257. The van der Waals surface area contributed by atoms with Crippen LogP contribution in [-0.4, -0.2) is 17.9 Å². The van der Waals surface area contributed by atoms with E-state index in [9.17, 15) is 26.7 Å². The highest BCUT2D eigenvalue weighted by atomic mass is 19.4. The van der Waals surface area contributed by atoms with E-state index in [0.717, 1.165) is 5.56 Å². The minimum Gasteiger partial charge on any atom is -0.288 e. The molecule has 0 unspecified atom stereocenters. The van der Waals surface area contributed by atoms with Crippen molar-refractivity contribution in [3.63, 3.8) is 0 Å². The van der Waals surface area contributed by atoms with Gasteiger partial charge in [0.05, 0.1) is 0 Å². The van der Waals surface area contributed by atoms with Crippen LogP contribution in [-0.2, 0) is 4.79 Å². The molecule has 0 saturated carbocycles. The Kier molecular flexibility index (Phi) is 4.81. The average molecular weight is 290 g/mol. The molecule has 0 radical (unpaired) electrons. The maximum atomic E-state index is 12.7. The average Bonchev–Trinajstić information content (AvgIpc) is 2.36. The molecule has 6 heteroatoms. The van der Waals surface area contributed by atoms with Crippen LogP contribution in [0.3, 0.4) is 0 Å². The fourth-order valence-corrected chi connectivity index (χ4v) is 1.28. The number of halogens is 5.